The quantitative estimate of drug-likeness (QED) is 0.118. The van der Waals surface area contributed by atoms with Gasteiger partial charge in [-0.1, -0.05) is 94.2 Å². The van der Waals surface area contributed by atoms with Crippen LogP contribution in [0, 0.1) is 40.4 Å². The van der Waals surface area contributed by atoms with E-state index in [4.69, 9.17) is 4.84 Å². The molecule has 7 atom stereocenters. The lowest BCUT2D eigenvalue weighted by atomic mass is 9.59. The molecule has 3 fully saturated rings. The number of hydroxylamine groups is 1. The first kappa shape index (κ1) is 40.8. The minimum Gasteiger partial charge on any atom is -0.393 e. The maximum Gasteiger partial charge on any atom is 0.0745 e. The molecule has 2 saturated carbocycles. The monoisotopic (exact) mass is 599 g/mol. The first-order chi connectivity index (χ1) is 19.1. The smallest absolute Gasteiger partial charge is 0.0745 e. The number of aliphatic hydroxyl groups is 1. The van der Waals surface area contributed by atoms with Crippen molar-refractivity contribution in [2.45, 2.75) is 152 Å². The molecule has 2 aliphatic carbocycles. The van der Waals surface area contributed by atoms with Crippen LogP contribution in [0.1, 0.15) is 146 Å². The Morgan fingerprint density at radius 2 is 1.76 bits per heavy atom. The molecule has 0 aromatic heterocycles. The van der Waals surface area contributed by atoms with Crippen LogP contribution in [0.5, 0.6) is 0 Å². The van der Waals surface area contributed by atoms with Crippen molar-refractivity contribution in [3.8, 4) is 0 Å². The van der Waals surface area contributed by atoms with Crippen LogP contribution < -0.4 is 5.48 Å². The molecule has 5 unspecified atom stereocenters. The highest BCUT2D eigenvalue weighted by Gasteiger charge is 2.48. The Hall–Kier alpha value is -0.230. The number of rotatable bonds is 14. The summed E-state index contributed by atoms with van der Waals surface area (Å²) in [6.45, 7) is 25.8. The summed E-state index contributed by atoms with van der Waals surface area (Å²) in [4.78, 5) is 5.42. The molecule has 2 N–H and O–H groups in total. The lowest BCUT2D eigenvalue weighted by molar-refractivity contribution is -0.0137. The second-order valence-electron chi connectivity index (χ2n) is 13.7. The van der Waals surface area contributed by atoms with Gasteiger partial charge in [-0.15, -0.1) is 0 Å². The second kappa shape index (κ2) is 21.5. The number of hydrogen-bond acceptors (Lipinski definition) is 5. The Kier molecular flexibility index (Phi) is 21.3. The van der Waals surface area contributed by atoms with Crippen LogP contribution in [0.15, 0.2) is 12.8 Å². The first-order valence-corrected chi connectivity index (χ1v) is 18.3. The van der Waals surface area contributed by atoms with E-state index in [2.05, 4.69) is 64.2 Å². The lowest BCUT2D eigenvalue weighted by Gasteiger charge is -2.47. The van der Waals surface area contributed by atoms with Crippen molar-refractivity contribution in [3.63, 3.8) is 0 Å². The van der Waals surface area contributed by atoms with Gasteiger partial charge in [-0.05, 0) is 117 Å². The van der Waals surface area contributed by atoms with Gasteiger partial charge in [0.05, 0.1) is 12.7 Å². The van der Waals surface area contributed by atoms with Crippen molar-refractivity contribution in [1.82, 2.24) is 9.79 Å². The van der Waals surface area contributed by atoms with E-state index in [9.17, 15) is 5.11 Å². The molecule has 0 amide bonds. The molecular formula is C36H74N2O2S. The summed E-state index contributed by atoms with van der Waals surface area (Å²) in [5.74, 6) is 3.81. The molecule has 3 rings (SSSR count). The Morgan fingerprint density at radius 1 is 1.10 bits per heavy atom. The lowest BCUT2D eigenvalue weighted by Crippen LogP contribution is -2.40. The summed E-state index contributed by atoms with van der Waals surface area (Å²) in [6.07, 6.45) is 20.0. The van der Waals surface area contributed by atoms with Crippen molar-refractivity contribution in [2.24, 2.45) is 40.4 Å². The number of nitrogens with one attached hydrogen (secondary N) is 1. The Bertz CT molecular complexity index is 653. The summed E-state index contributed by atoms with van der Waals surface area (Å²) in [5.41, 5.74) is 3.58. The SMILES string of the molecule is C.C=CNOCCCC1CCC(C(C)C[C@H](CC)C2C[C@H](O)CCC2(C)C)C1(C)CCC.CC.CSN1CCCC1. The first-order valence-electron chi connectivity index (χ1n) is 17.1. The molecule has 1 saturated heterocycles. The van der Waals surface area contributed by atoms with Crippen molar-refractivity contribution < 1.29 is 9.94 Å². The van der Waals surface area contributed by atoms with Crippen molar-refractivity contribution in [2.75, 3.05) is 26.0 Å². The second-order valence-corrected chi connectivity index (χ2v) is 14.6. The molecule has 41 heavy (non-hydrogen) atoms. The van der Waals surface area contributed by atoms with Crippen LogP contribution >= 0.6 is 11.9 Å². The number of nitrogens with zero attached hydrogens (tertiary/aromatic N) is 1. The number of aliphatic hydroxyl groups excluding tert-OH is 1. The van der Waals surface area contributed by atoms with Gasteiger partial charge < -0.3 is 5.11 Å². The molecule has 4 nitrogen and oxygen atoms in total. The van der Waals surface area contributed by atoms with Gasteiger partial charge in [-0.3, -0.25) is 14.6 Å². The van der Waals surface area contributed by atoms with E-state index in [1.165, 1.54) is 77.3 Å². The van der Waals surface area contributed by atoms with E-state index < -0.39 is 0 Å². The minimum absolute atomic E-state index is 0. The van der Waals surface area contributed by atoms with Gasteiger partial charge in [0.2, 0.25) is 0 Å². The summed E-state index contributed by atoms with van der Waals surface area (Å²) in [5, 5.41) is 10.4. The average Bonchev–Trinajstić information content (AvgIpc) is 3.58. The minimum atomic E-state index is -0.0820. The largest absolute Gasteiger partial charge is 0.393 e. The van der Waals surface area contributed by atoms with Crippen LogP contribution in [0.2, 0.25) is 0 Å². The third-order valence-electron chi connectivity index (χ3n) is 10.8. The highest BCUT2D eigenvalue weighted by molar-refractivity contribution is 7.96. The van der Waals surface area contributed by atoms with Crippen LogP contribution in [-0.2, 0) is 4.84 Å². The van der Waals surface area contributed by atoms with Crippen LogP contribution in [0.25, 0.3) is 0 Å². The fraction of sp³-hybridized carbons (Fsp3) is 0.944. The zero-order valence-electron chi connectivity index (χ0n) is 28.3. The van der Waals surface area contributed by atoms with Gasteiger partial charge in [-0.2, -0.15) is 0 Å². The predicted molar refractivity (Wildman–Crippen MR) is 185 cm³/mol. The normalized spacial score (nSPS) is 30.6. The topological polar surface area (TPSA) is 44.7 Å². The van der Waals surface area contributed by atoms with E-state index in [0.29, 0.717) is 16.7 Å². The molecule has 5 heteroatoms. The van der Waals surface area contributed by atoms with Crippen LogP contribution in [0.4, 0.5) is 0 Å². The molecule has 1 aliphatic heterocycles. The van der Waals surface area contributed by atoms with E-state index in [0.717, 1.165) is 49.5 Å². The summed E-state index contributed by atoms with van der Waals surface area (Å²) in [7, 11) is 0. The van der Waals surface area contributed by atoms with Crippen LogP contribution in [-0.4, -0.2) is 41.5 Å². The molecule has 0 aromatic carbocycles. The van der Waals surface area contributed by atoms with Gasteiger partial charge in [0.1, 0.15) is 0 Å². The third-order valence-corrected chi connectivity index (χ3v) is 11.7. The molecule has 1 heterocycles. The van der Waals surface area contributed by atoms with E-state index in [1.54, 1.807) is 6.20 Å². The molecular weight excluding hydrogens is 524 g/mol. The highest BCUT2D eigenvalue weighted by Crippen LogP contribution is 2.57. The zero-order valence-corrected chi connectivity index (χ0v) is 29.1. The highest BCUT2D eigenvalue weighted by atomic mass is 32.2. The average molecular weight is 599 g/mol. The van der Waals surface area contributed by atoms with Gasteiger partial charge in [0, 0.05) is 19.3 Å². The van der Waals surface area contributed by atoms with Gasteiger partial charge in [0.15, 0.2) is 0 Å². The van der Waals surface area contributed by atoms with E-state index in [-0.39, 0.29) is 13.5 Å². The fourth-order valence-electron chi connectivity index (χ4n) is 8.61. The Labute approximate surface area is 262 Å². The number of hydrogen-bond donors (Lipinski definition) is 2. The summed E-state index contributed by atoms with van der Waals surface area (Å²) >= 11 is 1.87. The fourth-order valence-corrected chi connectivity index (χ4v) is 9.24. The predicted octanol–water partition coefficient (Wildman–Crippen LogP) is 10.5. The van der Waals surface area contributed by atoms with Gasteiger partial charge >= 0.3 is 0 Å². The molecule has 0 bridgehead atoms. The summed E-state index contributed by atoms with van der Waals surface area (Å²) in [6, 6.07) is 0. The van der Waals surface area contributed by atoms with Gasteiger partial charge in [-0.25, -0.2) is 0 Å². The molecule has 3 aliphatic rings. The van der Waals surface area contributed by atoms with Crippen molar-refractivity contribution >= 4 is 11.9 Å². The standard InChI is InChI=1S/C28H53NO2.C5H11NS.C2H6.CH4/c1-8-16-28(7)23(12-11-18-31-29-10-3)13-14-25(28)21(4)19-22(9-2)26-20-24(30)15-17-27(26,5)6;1-7-6-4-2-3-5-6;1-2;/h10,21-26,29-30H,3,8-9,11-20H2,1-2,4-7H3;2-5H2,1H3;1-2H3;1H4/t21?,22-,23?,24+,25?,26?,28?;;;/m0.../s1. The Morgan fingerprint density at radius 3 is 2.29 bits per heavy atom. The molecule has 0 spiro atoms. The Balaban J connectivity index is 0.00000137. The summed E-state index contributed by atoms with van der Waals surface area (Å²) < 4.78 is 2.40. The maximum atomic E-state index is 10.4. The molecule has 0 aromatic rings. The van der Waals surface area contributed by atoms with E-state index in [1.807, 2.05) is 25.8 Å². The van der Waals surface area contributed by atoms with Gasteiger partial charge in [0.25, 0.3) is 0 Å². The van der Waals surface area contributed by atoms with E-state index >= 15 is 0 Å². The maximum absolute atomic E-state index is 10.4. The van der Waals surface area contributed by atoms with Crippen LogP contribution in [0.3, 0.4) is 0 Å². The zero-order chi connectivity index (χ0) is 30.2. The molecule has 246 valence electrons. The molecule has 0 radical (unpaired) electrons. The van der Waals surface area contributed by atoms with Crippen molar-refractivity contribution in [1.29, 1.82) is 0 Å². The van der Waals surface area contributed by atoms with Crippen molar-refractivity contribution in [3.05, 3.63) is 12.8 Å². The third kappa shape index (κ3) is 12.7.